The van der Waals surface area contributed by atoms with Gasteiger partial charge in [0.1, 0.15) is 5.69 Å². The number of rotatable bonds is 3. The standard InChI is InChI=1S/C12H15N3O/c1-8-2-3-9-7-11(15-10(9)6-8)12(16)14-5-4-13/h2-3,6-7,15H,4-5,13H2,1H3,(H,14,16). The fourth-order valence-corrected chi connectivity index (χ4v) is 1.64. The first-order chi connectivity index (χ1) is 7.70. The zero-order valence-corrected chi connectivity index (χ0v) is 9.21. The number of hydrogen-bond acceptors (Lipinski definition) is 2. The van der Waals surface area contributed by atoms with Crippen LogP contribution in [0.15, 0.2) is 24.3 Å². The van der Waals surface area contributed by atoms with Crippen LogP contribution in [0.25, 0.3) is 10.9 Å². The molecule has 1 aromatic heterocycles. The van der Waals surface area contributed by atoms with Gasteiger partial charge in [-0.05, 0) is 24.6 Å². The molecule has 0 aliphatic rings. The van der Waals surface area contributed by atoms with Crippen LogP contribution in [0.4, 0.5) is 0 Å². The van der Waals surface area contributed by atoms with Crippen molar-refractivity contribution in [3.8, 4) is 0 Å². The van der Waals surface area contributed by atoms with Crippen molar-refractivity contribution in [2.75, 3.05) is 13.1 Å². The van der Waals surface area contributed by atoms with Crippen LogP contribution >= 0.6 is 0 Å². The maximum Gasteiger partial charge on any atom is 0.267 e. The molecule has 0 spiro atoms. The van der Waals surface area contributed by atoms with Gasteiger partial charge in [0.05, 0.1) is 0 Å². The third-order valence-corrected chi connectivity index (χ3v) is 2.45. The van der Waals surface area contributed by atoms with E-state index in [1.54, 1.807) is 0 Å². The SMILES string of the molecule is Cc1ccc2cc(C(=O)NCCN)[nH]c2c1. The molecule has 0 saturated heterocycles. The van der Waals surface area contributed by atoms with Crippen molar-refractivity contribution >= 4 is 16.8 Å². The summed E-state index contributed by atoms with van der Waals surface area (Å²) in [6, 6.07) is 7.90. The molecule has 0 saturated carbocycles. The molecule has 1 aromatic carbocycles. The van der Waals surface area contributed by atoms with Crippen molar-refractivity contribution in [1.29, 1.82) is 0 Å². The molecular formula is C12H15N3O. The molecule has 16 heavy (non-hydrogen) atoms. The summed E-state index contributed by atoms with van der Waals surface area (Å²) in [6.45, 7) is 2.97. The van der Waals surface area contributed by atoms with Crippen molar-refractivity contribution in [3.63, 3.8) is 0 Å². The van der Waals surface area contributed by atoms with Gasteiger partial charge in [-0.25, -0.2) is 0 Å². The minimum atomic E-state index is -0.112. The van der Waals surface area contributed by atoms with Crippen molar-refractivity contribution in [2.24, 2.45) is 5.73 Å². The van der Waals surface area contributed by atoms with Crippen LogP contribution in [-0.2, 0) is 0 Å². The zero-order valence-electron chi connectivity index (χ0n) is 9.21. The van der Waals surface area contributed by atoms with Crippen LogP contribution in [0.2, 0.25) is 0 Å². The Morgan fingerprint density at radius 2 is 2.25 bits per heavy atom. The molecule has 4 nitrogen and oxygen atoms in total. The van der Waals surface area contributed by atoms with Crippen LogP contribution < -0.4 is 11.1 Å². The number of nitrogens with two attached hydrogens (primary N) is 1. The predicted molar refractivity (Wildman–Crippen MR) is 64.4 cm³/mol. The Labute approximate surface area is 93.8 Å². The van der Waals surface area contributed by atoms with Gasteiger partial charge in [0.25, 0.3) is 5.91 Å². The topological polar surface area (TPSA) is 70.9 Å². The molecule has 4 heteroatoms. The zero-order chi connectivity index (χ0) is 11.5. The number of carbonyl (C=O) groups is 1. The number of nitrogens with one attached hydrogen (secondary N) is 2. The number of aryl methyl sites for hydroxylation is 1. The van der Waals surface area contributed by atoms with E-state index in [1.165, 1.54) is 5.56 Å². The molecule has 0 unspecified atom stereocenters. The number of hydrogen-bond donors (Lipinski definition) is 3. The predicted octanol–water partition coefficient (Wildman–Crippen LogP) is 1.16. The molecule has 0 radical (unpaired) electrons. The average molecular weight is 217 g/mol. The third kappa shape index (κ3) is 2.06. The number of carbonyl (C=O) groups excluding carboxylic acids is 1. The Kier molecular flexibility index (Phi) is 2.92. The highest BCUT2D eigenvalue weighted by atomic mass is 16.1. The number of H-pyrrole nitrogens is 1. The van der Waals surface area contributed by atoms with Crippen molar-refractivity contribution in [3.05, 3.63) is 35.5 Å². The van der Waals surface area contributed by atoms with Gasteiger partial charge in [0.2, 0.25) is 0 Å². The van der Waals surface area contributed by atoms with E-state index in [9.17, 15) is 4.79 Å². The molecule has 0 aliphatic heterocycles. The molecule has 4 N–H and O–H groups in total. The highest BCUT2D eigenvalue weighted by Gasteiger charge is 2.08. The first-order valence-corrected chi connectivity index (χ1v) is 5.28. The van der Waals surface area contributed by atoms with E-state index >= 15 is 0 Å². The second kappa shape index (κ2) is 4.37. The van der Waals surface area contributed by atoms with Gasteiger partial charge >= 0.3 is 0 Å². The molecule has 1 amide bonds. The third-order valence-electron chi connectivity index (χ3n) is 2.45. The highest BCUT2D eigenvalue weighted by molar-refractivity contribution is 5.98. The smallest absolute Gasteiger partial charge is 0.267 e. The van der Waals surface area contributed by atoms with Crippen molar-refractivity contribution in [2.45, 2.75) is 6.92 Å². The largest absolute Gasteiger partial charge is 0.351 e. The molecular weight excluding hydrogens is 202 g/mol. The van der Waals surface area contributed by atoms with E-state index in [1.807, 2.05) is 31.2 Å². The second-order valence-electron chi connectivity index (χ2n) is 3.82. The quantitative estimate of drug-likeness (QED) is 0.722. The molecule has 0 atom stereocenters. The van der Waals surface area contributed by atoms with E-state index in [-0.39, 0.29) is 5.91 Å². The first-order valence-electron chi connectivity index (χ1n) is 5.28. The minimum absolute atomic E-state index is 0.112. The van der Waals surface area contributed by atoms with Gasteiger partial charge in [0, 0.05) is 24.0 Å². The fourth-order valence-electron chi connectivity index (χ4n) is 1.64. The number of aromatic amines is 1. The fraction of sp³-hybridized carbons (Fsp3) is 0.250. The van der Waals surface area contributed by atoms with Crippen LogP contribution in [0.1, 0.15) is 16.1 Å². The summed E-state index contributed by atoms with van der Waals surface area (Å²) in [5.74, 6) is -0.112. The number of benzene rings is 1. The van der Waals surface area contributed by atoms with E-state index in [0.717, 1.165) is 10.9 Å². The normalized spacial score (nSPS) is 10.6. The lowest BCUT2D eigenvalue weighted by Gasteiger charge is -1.99. The summed E-state index contributed by atoms with van der Waals surface area (Å²) in [5, 5.41) is 3.77. The summed E-state index contributed by atoms with van der Waals surface area (Å²) in [7, 11) is 0. The molecule has 1 heterocycles. The first kappa shape index (κ1) is 10.7. The Bertz CT molecular complexity index is 516. The van der Waals surface area contributed by atoms with Gasteiger partial charge in [-0.3, -0.25) is 4.79 Å². The van der Waals surface area contributed by atoms with Gasteiger partial charge < -0.3 is 16.0 Å². The van der Waals surface area contributed by atoms with Crippen molar-refractivity contribution in [1.82, 2.24) is 10.3 Å². The minimum Gasteiger partial charge on any atom is -0.351 e. The summed E-state index contributed by atoms with van der Waals surface area (Å²) in [6.07, 6.45) is 0. The average Bonchev–Trinajstić information content (AvgIpc) is 2.68. The van der Waals surface area contributed by atoms with Crippen LogP contribution in [0.3, 0.4) is 0 Å². The highest BCUT2D eigenvalue weighted by Crippen LogP contribution is 2.16. The van der Waals surface area contributed by atoms with Gasteiger partial charge in [-0.1, -0.05) is 12.1 Å². The molecule has 0 fully saturated rings. The second-order valence-corrected chi connectivity index (χ2v) is 3.82. The number of amides is 1. The molecule has 0 bridgehead atoms. The Morgan fingerprint density at radius 3 is 3.00 bits per heavy atom. The Morgan fingerprint density at radius 1 is 1.44 bits per heavy atom. The Hall–Kier alpha value is -1.81. The van der Waals surface area contributed by atoms with E-state index in [4.69, 9.17) is 5.73 Å². The van der Waals surface area contributed by atoms with E-state index in [2.05, 4.69) is 10.3 Å². The summed E-state index contributed by atoms with van der Waals surface area (Å²) in [5.41, 5.74) is 8.06. The summed E-state index contributed by atoms with van der Waals surface area (Å²) < 4.78 is 0. The van der Waals surface area contributed by atoms with Crippen molar-refractivity contribution < 1.29 is 4.79 Å². The Balaban J connectivity index is 2.28. The number of aromatic nitrogens is 1. The maximum absolute atomic E-state index is 11.7. The number of fused-ring (bicyclic) bond motifs is 1. The monoisotopic (exact) mass is 217 g/mol. The summed E-state index contributed by atoms with van der Waals surface area (Å²) in [4.78, 5) is 14.8. The van der Waals surface area contributed by atoms with Crippen LogP contribution in [-0.4, -0.2) is 24.0 Å². The molecule has 2 aromatic rings. The van der Waals surface area contributed by atoms with E-state index in [0.29, 0.717) is 18.8 Å². The molecule has 2 rings (SSSR count). The lowest BCUT2D eigenvalue weighted by Crippen LogP contribution is -2.29. The maximum atomic E-state index is 11.7. The summed E-state index contributed by atoms with van der Waals surface area (Å²) >= 11 is 0. The van der Waals surface area contributed by atoms with E-state index < -0.39 is 0 Å². The lowest BCUT2D eigenvalue weighted by molar-refractivity contribution is 0.0950. The van der Waals surface area contributed by atoms with Gasteiger partial charge in [0.15, 0.2) is 0 Å². The lowest BCUT2D eigenvalue weighted by atomic mass is 10.2. The molecule has 0 aliphatic carbocycles. The molecule has 84 valence electrons. The van der Waals surface area contributed by atoms with Gasteiger partial charge in [-0.15, -0.1) is 0 Å². The van der Waals surface area contributed by atoms with Crippen LogP contribution in [0.5, 0.6) is 0 Å². The van der Waals surface area contributed by atoms with Gasteiger partial charge in [-0.2, -0.15) is 0 Å². The van der Waals surface area contributed by atoms with Crippen LogP contribution in [0, 0.1) is 6.92 Å².